The van der Waals surface area contributed by atoms with Crippen molar-refractivity contribution in [1.82, 2.24) is 0 Å². The molecule has 0 heterocycles. The SMILES string of the molecule is CCC(C)(C)[AsH2]. The molecular weight excluding hydrogens is 135 g/mol. The molecule has 0 aliphatic carbocycles. The van der Waals surface area contributed by atoms with Gasteiger partial charge in [-0.2, -0.15) is 0 Å². The minimum absolute atomic E-state index is 0.604. The van der Waals surface area contributed by atoms with Gasteiger partial charge in [0.15, 0.2) is 0 Å². The standard InChI is InChI=1S/C5H13As/c1-4-5(2,3)6/h4,6H2,1-3H3. The summed E-state index contributed by atoms with van der Waals surface area (Å²) < 4.78 is 0.604. The van der Waals surface area contributed by atoms with Gasteiger partial charge in [-0.1, -0.05) is 0 Å². The van der Waals surface area contributed by atoms with Crippen molar-refractivity contribution >= 4 is 16.9 Å². The van der Waals surface area contributed by atoms with Crippen LogP contribution in [0.15, 0.2) is 0 Å². The second-order valence-electron chi connectivity index (χ2n) is 2.34. The van der Waals surface area contributed by atoms with Crippen LogP contribution in [0.25, 0.3) is 0 Å². The second-order valence-corrected chi connectivity index (χ2v) is 5.62. The molecule has 0 N–H and O–H groups in total. The monoisotopic (exact) mass is 148 g/mol. The molecule has 0 aliphatic rings. The van der Waals surface area contributed by atoms with E-state index in [0.29, 0.717) is 4.20 Å². The molecule has 1 unspecified atom stereocenters. The first-order valence-electron chi connectivity index (χ1n) is 2.35. The summed E-state index contributed by atoms with van der Waals surface area (Å²) in [6, 6.07) is 0. The predicted molar refractivity (Wildman–Crippen MR) is 32.9 cm³/mol. The van der Waals surface area contributed by atoms with E-state index < -0.39 is 0 Å². The van der Waals surface area contributed by atoms with Crippen LogP contribution in [0.3, 0.4) is 0 Å². The average Bonchev–Trinajstić information content (AvgIpc) is 1.35. The summed E-state index contributed by atoms with van der Waals surface area (Å²) in [4.78, 5) is 0. The van der Waals surface area contributed by atoms with Crippen LogP contribution in [-0.4, -0.2) is 16.9 Å². The third kappa shape index (κ3) is 4.56. The summed E-state index contributed by atoms with van der Waals surface area (Å²) in [6.07, 6.45) is 1.30. The van der Waals surface area contributed by atoms with Gasteiger partial charge in [0.1, 0.15) is 0 Å². The van der Waals surface area contributed by atoms with Gasteiger partial charge >= 0.3 is 48.2 Å². The topological polar surface area (TPSA) is 0 Å². The van der Waals surface area contributed by atoms with Gasteiger partial charge in [-0.05, 0) is 0 Å². The normalized spacial score (nSPS) is 12.0. The summed E-state index contributed by atoms with van der Waals surface area (Å²) in [7, 11) is 0. The van der Waals surface area contributed by atoms with E-state index in [2.05, 4.69) is 20.8 Å². The van der Waals surface area contributed by atoms with E-state index in [0.717, 1.165) is 0 Å². The molecule has 0 aromatic rings. The Hall–Kier alpha value is 0.558. The van der Waals surface area contributed by atoms with Crippen molar-refractivity contribution in [3.8, 4) is 0 Å². The van der Waals surface area contributed by atoms with Gasteiger partial charge < -0.3 is 0 Å². The molecule has 0 aliphatic heterocycles. The van der Waals surface area contributed by atoms with Crippen molar-refractivity contribution in [3.05, 3.63) is 0 Å². The second kappa shape index (κ2) is 2.02. The molecule has 0 radical (unpaired) electrons. The first-order valence-corrected chi connectivity index (χ1v) is 3.56. The van der Waals surface area contributed by atoms with E-state index in [-0.39, 0.29) is 0 Å². The van der Waals surface area contributed by atoms with E-state index in [9.17, 15) is 0 Å². The average molecular weight is 148 g/mol. The number of hydrogen-bond acceptors (Lipinski definition) is 0. The van der Waals surface area contributed by atoms with Gasteiger partial charge in [0.2, 0.25) is 0 Å². The van der Waals surface area contributed by atoms with Gasteiger partial charge in [0.05, 0.1) is 0 Å². The molecule has 0 amide bonds. The third-order valence-corrected chi connectivity index (χ3v) is 1.77. The Morgan fingerprint density at radius 1 is 1.50 bits per heavy atom. The maximum atomic E-state index is 2.27. The molecule has 0 aromatic heterocycles. The van der Waals surface area contributed by atoms with Crippen molar-refractivity contribution in [2.24, 2.45) is 0 Å². The fourth-order valence-corrected chi connectivity index (χ4v) is 0. The van der Waals surface area contributed by atoms with E-state index in [1.54, 1.807) is 0 Å². The zero-order chi connectivity index (χ0) is 5.21. The fraction of sp³-hybridized carbons (Fsp3) is 1.00. The quantitative estimate of drug-likeness (QED) is 0.490. The van der Waals surface area contributed by atoms with Crippen molar-refractivity contribution < 1.29 is 0 Å². The van der Waals surface area contributed by atoms with Crippen molar-refractivity contribution in [3.63, 3.8) is 0 Å². The molecule has 0 fully saturated rings. The van der Waals surface area contributed by atoms with Gasteiger partial charge in [-0.25, -0.2) is 0 Å². The Labute approximate surface area is 48.8 Å². The molecule has 0 nitrogen and oxygen atoms in total. The van der Waals surface area contributed by atoms with Crippen molar-refractivity contribution in [1.29, 1.82) is 0 Å². The maximum absolute atomic E-state index is 2.27. The van der Waals surface area contributed by atoms with Gasteiger partial charge in [-0.15, -0.1) is 0 Å². The molecule has 6 heavy (non-hydrogen) atoms. The first-order chi connectivity index (χ1) is 2.56. The van der Waals surface area contributed by atoms with Gasteiger partial charge in [0, 0.05) is 0 Å². The summed E-state index contributed by atoms with van der Waals surface area (Å²) in [5.41, 5.74) is 0. The summed E-state index contributed by atoms with van der Waals surface area (Å²) >= 11 is 1.83. The Morgan fingerprint density at radius 2 is 1.67 bits per heavy atom. The van der Waals surface area contributed by atoms with Crippen LogP contribution in [0.5, 0.6) is 0 Å². The Balaban J connectivity index is 3.17. The van der Waals surface area contributed by atoms with Crippen LogP contribution in [0, 0.1) is 0 Å². The number of hydrogen-bond donors (Lipinski definition) is 0. The molecule has 0 rings (SSSR count). The molecule has 0 saturated heterocycles. The van der Waals surface area contributed by atoms with E-state index in [1.807, 2.05) is 16.9 Å². The molecule has 0 spiro atoms. The molecule has 1 heteroatoms. The summed E-state index contributed by atoms with van der Waals surface area (Å²) in [6.45, 7) is 6.77. The van der Waals surface area contributed by atoms with Crippen LogP contribution >= 0.6 is 0 Å². The number of rotatable bonds is 1. The zero-order valence-corrected chi connectivity index (χ0v) is 7.21. The zero-order valence-electron chi connectivity index (χ0n) is 4.78. The Kier molecular flexibility index (Phi) is 2.21. The van der Waals surface area contributed by atoms with Crippen LogP contribution < -0.4 is 0 Å². The third-order valence-electron chi connectivity index (χ3n) is 0.911. The predicted octanol–water partition coefficient (Wildman–Crippen LogP) is 1.23. The van der Waals surface area contributed by atoms with E-state index >= 15 is 0 Å². The van der Waals surface area contributed by atoms with Crippen LogP contribution in [0.2, 0.25) is 4.20 Å². The molecule has 1 atom stereocenters. The molecule has 0 bridgehead atoms. The minimum atomic E-state index is 0.604. The molecule has 38 valence electrons. The molecule has 0 aromatic carbocycles. The van der Waals surface area contributed by atoms with Gasteiger partial charge in [-0.3, -0.25) is 0 Å². The van der Waals surface area contributed by atoms with Crippen LogP contribution in [-0.2, 0) is 0 Å². The Bertz CT molecular complexity index is 33.7. The molecule has 0 saturated carbocycles. The van der Waals surface area contributed by atoms with Crippen molar-refractivity contribution in [2.75, 3.05) is 0 Å². The van der Waals surface area contributed by atoms with Crippen LogP contribution in [0.1, 0.15) is 27.2 Å². The first kappa shape index (κ1) is 6.56. The van der Waals surface area contributed by atoms with E-state index in [1.165, 1.54) is 6.42 Å². The Morgan fingerprint density at radius 3 is 1.67 bits per heavy atom. The summed E-state index contributed by atoms with van der Waals surface area (Å²) in [5.74, 6) is 0. The fourth-order valence-electron chi connectivity index (χ4n) is 0. The molecular formula is C5H13As. The van der Waals surface area contributed by atoms with Gasteiger partial charge in [0.25, 0.3) is 0 Å². The van der Waals surface area contributed by atoms with Crippen LogP contribution in [0.4, 0.5) is 0 Å². The summed E-state index contributed by atoms with van der Waals surface area (Å²) in [5, 5.41) is 0. The van der Waals surface area contributed by atoms with E-state index in [4.69, 9.17) is 0 Å². The van der Waals surface area contributed by atoms with Crippen molar-refractivity contribution in [2.45, 2.75) is 31.4 Å².